The van der Waals surface area contributed by atoms with Crippen molar-refractivity contribution in [1.82, 2.24) is 29.9 Å². The first-order valence-corrected chi connectivity index (χ1v) is 15.1. The van der Waals surface area contributed by atoms with Gasteiger partial charge in [-0.3, -0.25) is 60.2 Å². The molecule has 9 aromatic rings. The summed E-state index contributed by atoms with van der Waals surface area (Å²) in [7, 11) is 0. The number of fused-ring (bicyclic) bond motifs is 9. The Morgan fingerprint density at radius 2 is 0.596 bits per heavy atom. The largest absolute Gasteiger partial charge is 2.00 e. The fourth-order valence-corrected chi connectivity index (χ4v) is 5.73. The minimum absolute atomic E-state index is 0. The fourth-order valence-electron chi connectivity index (χ4n) is 5.73. The second kappa shape index (κ2) is 14.7. The Morgan fingerprint density at radius 3 is 0.846 bits per heavy atom. The van der Waals surface area contributed by atoms with Gasteiger partial charge in [-0.15, -0.1) is 0 Å². The second-order valence-corrected chi connectivity index (χ2v) is 10.9. The van der Waals surface area contributed by atoms with E-state index in [2.05, 4.69) is 29.9 Å². The Balaban J connectivity index is 0.000000133. The molecule has 253 valence electrons. The monoisotopic (exact) mass is 734 g/mol. The van der Waals surface area contributed by atoms with E-state index < -0.39 is 14.8 Å². The van der Waals surface area contributed by atoms with Gasteiger partial charge in [0.2, 0.25) is 0 Å². The molecule has 0 saturated heterocycles. The summed E-state index contributed by atoms with van der Waals surface area (Å²) in [5.41, 5.74) is 3.96. The molecule has 15 nitrogen and oxygen atoms in total. The number of nitrogens with zero attached hydrogens (tertiary/aromatic N) is 9. The molecule has 0 atom stereocenters. The van der Waals surface area contributed by atoms with Gasteiger partial charge >= 0.3 is 16.8 Å². The smallest absolute Gasteiger partial charge is 0.258 e. The number of hydrogen-bond donors (Lipinski definition) is 0. The minimum Gasteiger partial charge on any atom is -0.258 e. The van der Waals surface area contributed by atoms with Gasteiger partial charge in [0.25, 0.3) is 17.1 Å². The van der Waals surface area contributed by atoms with Crippen molar-refractivity contribution >= 4 is 82.5 Å². The van der Waals surface area contributed by atoms with E-state index in [0.29, 0.717) is 49.3 Å². The molecule has 0 saturated carbocycles. The van der Waals surface area contributed by atoms with Crippen molar-refractivity contribution in [3.63, 3.8) is 0 Å². The fraction of sp³-hybridized carbons (Fsp3) is 0. The van der Waals surface area contributed by atoms with Gasteiger partial charge < -0.3 is 0 Å². The van der Waals surface area contributed by atoms with E-state index in [1.165, 1.54) is 18.2 Å². The Morgan fingerprint density at radius 1 is 0.365 bits per heavy atom. The first kappa shape index (κ1) is 34.7. The normalized spacial score (nSPS) is 10.6. The molecule has 0 N–H and O–H groups in total. The first-order valence-electron chi connectivity index (χ1n) is 15.1. The molecule has 9 rings (SSSR count). The third-order valence-electron chi connectivity index (χ3n) is 7.91. The van der Waals surface area contributed by atoms with Crippen LogP contribution in [0.25, 0.3) is 65.4 Å². The average molecular weight is 735 g/mol. The van der Waals surface area contributed by atoms with Crippen LogP contribution in [-0.4, -0.2) is 44.7 Å². The number of rotatable bonds is 3. The molecule has 0 unspecified atom stereocenters. The standard InChI is InChI=1S/3C12H7N3O2.Co/c3*16-15(17)10-7-8-3-1-5-13-11(8)12-9(10)4-2-6-14-12;/h3*1-7H;/q;;;+2. The molecule has 0 aliphatic rings. The van der Waals surface area contributed by atoms with Gasteiger partial charge in [0.15, 0.2) is 0 Å². The first-order chi connectivity index (χ1) is 24.8. The van der Waals surface area contributed by atoms with Crippen molar-refractivity contribution in [2.24, 2.45) is 0 Å². The van der Waals surface area contributed by atoms with E-state index in [4.69, 9.17) is 0 Å². The SMILES string of the molecule is O=[N+]([O-])c1cc2cccnc2c2ncccc12.O=[N+]([O-])c1cc2cccnc2c2ncccc12.O=[N+]([O-])c1cc2cccnc2c2ncccc12.[Co+2]. The summed E-state index contributed by atoms with van der Waals surface area (Å²) in [5, 5.41) is 36.8. The molecule has 1 radical (unpaired) electrons. The predicted octanol–water partition coefficient (Wildman–Crippen LogP) is 8.07. The van der Waals surface area contributed by atoms with Crippen molar-refractivity contribution in [2.75, 3.05) is 0 Å². The third-order valence-corrected chi connectivity index (χ3v) is 7.91. The van der Waals surface area contributed by atoms with Crippen molar-refractivity contribution in [3.8, 4) is 0 Å². The maximum atomic E-state index is 11.0. The van der Waals surface area contributed by atoms with Crippen molar-refractivity contribution in [1.29, 1.82) is 0 Å². The van der Waals surface area contributed by atoms with Crippen LogP contribution in [0.1, 0.15) is 0 Å². The van der Waals surface area contributed by atoms with Crippen molar-refractivity contribution in [3.05, 3.63) is 159 Å². The minimum atomic E-state index is -0.392. The third kappa shape index (κ3) is 6.57. The molecule has 0 aliphatic carbocycles. The summed E-state index contributed by atoms with van der Waals surface area (Å²) in [6, 6.07) is 25.4. The Labute approximate surface area is 301 Å². The molecule has 0 aliphatic heterocycles. The molecule has 0 spiro atoms. The molecule has 3 aromatic carbocycles. The van der Waals surface area contributed by atoms with Crippen LogP contribution in [0.4, 0.5) is 17.1 Å². The number of nitro benzene ring substituents is 3. The number of hydrogen-bond acceptors (Lipinski definition) is 12. The van der Waals surface area contributed by atoms with E-state index in [-0.39, 0.29) is 33.8 Å². The van der Waals surface area contributed by atoms with E-state index in [1.54, 1.807) is 110 Å². The zero-order chi connectivity index (χ0) is 35.5. The van der Waals surface area contributed by atoms with Gasteiger partial charge in [0.1, 0.15) is 16.6 Å². The van der Waals surface area contributed by atoms with Crippen LogP contribution >= 0.6 is 0 Å². The van der Waals surface area contributed by atoms with Crippen molar-refractivity contribution < 1.29 is 31.5 Å². The number of non-ortho nitro benzene ring substituents is 3. The maximum Gasteiger partial charge on any atom is 2.00 e. The number of aromatic nitrogens is 6. The van der Waals surface area contributed by atoms with Crippen LogP contribution < -0.4 is 0 Å². The van der Waals surface area contributed by atoms with Gasteiger partial charge in [-0.05, 0) is 54.6 Å². The molecular weight excluding hydrogens is 713 g/mol. The summed E-state index contributed by atoms with van der Waals surface area (Å²) in [6.45, 7) is 0. The van der Waals surface area contributed by atoms with Crippen LogP contribution in [-0.2, 0) is 16.8 Å². The average Bonchev–Trinajstić information content (AvgIpc) is 3.17. The predicted molar refractivity (Wildman–Crippen MR) is 191 cm³/mol. The zero-order valence-electron chi connectivity index (χ0n) is 26.4. The van der Waals surface area contributed by atoms with E-state index in [9.17, 15) is 30.3 Å². The summed E-state index contributed by atoms with van der Waals surface area (Å²) in [5.74, 6) is 0. The van der Waals surface area contributed by atoms with Gasteiger partial charge in [0.05, 0.1) is 47.5 Å². The summed E-state index contributed by atoms with van der Waals surface area (Å²) in [4.78, 5) is 57.1. The summed E-state index contributed by atoms with van der Waals surface area (Å²) < 4.78 is 0. The molecule has 6 aromatic heterocycles. The Hall–Kier alpha value is -7.17. The molecule has 0 bridgehead atoms. The molecule has 0 amide bonds. The van der Waals surface area contributed by atoms with Gasteiger partial charge in [-0.25, -0.2) is 0 Å². The van der Waals surface area contributed by atoms with E-state index >= 15 is 0 Å². The van der Waals surface area contributed by atoms with E-state index in [0.717, 1.165) is 16.2 Å². The quantitative estimate of drug-likeness (QED) is 0.0959. The van der Waals surface area contributed by atoms with Gasteiger partial charge in [0, 0.05) is 71.5 Å². The van der Waals surface area contributed by atoms with E-state index in [1.807, 2.05) is 0 Å². The zero-order valence-corrected chi connectivity index (χ0v) is 27.5. The summed E-state index contributed by atoms with van der Waals surface area (Å²) in [6.07, 6.45) is 9.80. The van der Waals surface area contributed by atoms with Crippen molar-refractivity contribution in [2.45, 2.75) is 0 Å². The van der Waals surface area contributed by atoms with Crippen LogP contribution in [0.2, 0.25) is 0 Å². The van der Waals surface area contributed by atoms with Crippen LogP contribution in [0.5, 0.6) is 0 Å². The maximum absolute atomic E-state index is 11.0. The Kier molecular flexibility index (Phi) is 9.84. The summed E-state index contributed by atoms with van der Waals surface area (Å²) >= 11 is 0. The molecule has 0 fully saturated rings. The number of nitro groups is 3. The molecule has 6 heterocycles. The molecule has 16 heteroatoms. The Bertz CT molecular complexity index is 2530. The number of benzene rings is 3. The van der Waals surface area contributed by atoms with Gasteiger partial charge in [-0.1, -0.05) is 18.2 Å². The van der Waals surface area contributed by atoms with Crippen LogP contribution in [0.3, 0.4) is 0 Å². The van der Waals surface area contributed by atoms with Crippen LogP contribution in [0, 0.1) is 30.3 Å². The number of pyridine rings is 6. The molecular formula is C36H21CoN9O6+2. The van der Waals surface area contributed by atoms with Gasteiger partial charge in [-0.2, -0.15) is 0 Å². The molecule has 52 heavy (non-hydrogen) atoms. The topological polar surface area (TPSA) is 207 Å². The van der Waals surface area contributed by atoms with Crippen LogP contribution in [0.15, 0.2) is 128 Å². The second-order valence-electron chi connectivity index (χ2n) is 10.9.